The Hall–Kier alpha value is -1.39. The Morgan fingerprint density at radius 3 is 2.69 bits per heavy atom. The van der Waals surface area contributed by atoms with E-state index < -0.39 is 0 Å². The zero-order valence-corrected chi connectivity index (χ0v) is 9.70. The normalized spacial score (nSPS) is 12.6. The molecule has 0 saturated carbocycles. The monoisotopic (exact) mass is 236 g/mol. The molecule has 0 amide bonds. The zero-order valence-electron chi connectivity index (χ0n) is 8.94. The Morgan fingerprint density at radius 1 is 1.38 bits per heavy atom. The van der Waals surface area contributed by atoms with Gasteiger partial charge in [-0.2, -0.15) is 15.4 Å². The van der Waals surface area contributed by atoms with Gasteiger partial charge in [-0.1, -0.05) is 30.7 Å². The molecule has 84 valence electrons. The average Bonchev–Trinajstić information content (AvgIpc) is 2.81. The lowest BCUT2D eigenvalue weighted by atomic mass is 10.0. The molecule has 0 aliphatic rings. The SMILES string of the molecule is CCNC(c1ccc(Cl)cc1)c1cn[nH]n1. The largest absolute Gasteiger partial charge is 0.305 e. The quantitative estimate of drug-likeness (QED) is 0.856. The van der Waals surface area contributed by atoms with Crippen molar-refractivity contribution in [2.24, 2.45) is 0 Å². The van der Waals surface area contributed by atoms with Crippen molar-refractivity contribution in [3.63, 3.8) is 0 Å². The molecule has 0 spiro atoms. The van der Waals surface area contributed by atoms with Crippen LogP contribution >= 0.6 is 11.6 Å². The highest BCUT2D eigenvalue weighted by molar-refractivity contribution is 6.30. The lowest BCUT2D eigenvalue weighted by Gasteiger charge is -2.15. The minimum Gasteiger partial charge on any atom is -0.305 e. The molecule has 1 aromatic carbocycles. The molecule has 1 heterocycles. The summed E-state index contributed by atoms with van der Waals surface area (Å²) in [5.41, 5.74) is 2.00. The van der Waals surface area contributed by atoms with Crippen LogP contribution in [0.25, 0.3) is 0 Å². The molecule has 5 heteroatoms. The van der Waals surface area contributed by atoms with Crippen LogP contribution in [0.3, 0.4) is 0 Å². The van der Waals surface area contributed by atoms with Crippen LogP contribution in [0.15, 0.2) is 30.5 Å². The van der Waals surface area contributed by atoms with Gasteiger partial charge in [-0.3, -0.25) is 0 Å². The van der Waals surface area contributed by atoms with E-state index in [-0.39, 0.29) is 6.04 Å². The first-order valence-electron chi connectivity index (χ1n) is 5.15. The number of aromatic nitrogens is 3. The predicted molar refractivity (Wildman–Crippen MR) is 63.4 cm³/mol. The van der Waals surface area contributed by atoms with Crippen molar-refractivity contribution in [1.29, 1.82) is 0 Å². The van der Waals surface area contributed by atoms with E-state index in [4.69, 9.17) is 11.6 Å². The molecule has 1 unspecified atom stereocenters. The molecule has 2 N–H and O–H groups in total. The number of hydrogen-bond acceptors (Lipinski definition) is 3. The lowest BCUT2D eigenvalue weighted by molar-refractivity contribution is 0.613. The Balaban J connectivity index is 2.29. The Kier molecular flexibility index (Phi) is 3.54. The molecule has 0 radical (unpaired) electrons. The maximum atomic E-state index is 5.86. The fraction of sp³-hybridized carbons (Fsp3) is 0.273. The topological polar surface area (TPSA) is 53.6 Å². The Morgan fingerprint density at radius 2 is 2.12 bits per heavy atom. The molecule has 2 rings (SSSR count). The van der Waals surface area contributed by atoms with Gasteiger partial charge in [-0.05, 0) is 24.2 Å². The van der Waals surface area contributed by atoms with E-state index in [1.165, 1.54) is 0 Å². The third kappa shape index (κ3) is 2.40. The zero-order chi connectivity index (χ0) is 11.4. The predicted octanol–water partition coefficient (Wildman–Crippen LogP) is 2.16. The summed E-state index contributed by atoms with van der Waals surface area (Å²) < 4.78 is 0. The third-order valence-corrected chi connectivity index (χ3v) is 2.59. The van der Waals surface area contributed by atoms with Crippen molar-refractivity contribution in [1.82, 2.24) is 20.7 Å². The van der Waals surface area contributed by atoms with Gasteiger partial charge in [0.2, 0.25) is 0 Å². The van der Waals surface area contributed by atoms with E-state index in [0.29, 0.717) is 0 Å². The molecule has 0 saturated heterocycles. The van der Waals surface area contributed by atoms with Gasteiger partial charge in [0, 0.05) is 5.02 Å². The van der Waals surface area contributed by atoms with Gasteiger partial charge in [-0.15, -0.1) is 0 Å². The van der Waals surface area contributed by atoms with Crippen LogP contribution in [0.5, 0.6) is 0 Å². The summed E-state index contributed by atoms with van der Waals surface area (Å²) in [6.45, 7) is 2.92. The van der Waals surface area contributed by atoms with Gasteiger partial charge >= 0.3 is 0 Å². The number of halogens is 1. The van der Waals surface area contributed by atoms with Crippen LogP contribution in [-0.4, -0.2) is 22.0 Å². The number of benzene rings is 1. The first kappa shape index (κ1) is 11.1. The van der Waals surface area contributed by atoms with Gasteiger partial charge in [-0.25, -0.2) is 0 Å². The molecule has 0 aliphatic carbocycles. The molecule has 4 nitrogen and oxygen atoms in total. The minimum atomic E-state index is 0.0565. The third-order valence-electron chi connectivity index (χ3n) is 2.34. The van der Waals surface area contributed by atoms with Crippen molar-refractivity contribution in [2.75, 3.05) is 6.54 Å². The number of hydrogen-bond donors (Lipinski definition) is 2. The van der Waals surface area contributed by atoms with Gasteiger partial charge in [0.05, 0.1) is 12.2 Å². The fourth-order valence-corrected chi connectivity index (χ4v) is 1.73. The van der Waals surface area contributed by atoms with Crippen LogP contribution in [0.1, 0.15) is 24.2 Å². The van der Waals surface area contributed by atoms with E-state index in [1.807, 2.05) is 24.3 Å². The summed E-state index contributed by atoms with van der Waals surface area (Å²) in [6, 6.07) is 7.79. The molecule has 0 fully saturated rings. The Bertz CT molecular complexity index is 424. The van der Waals surface area contributed by atoms with E-state index >= 15 is 0 Å². The van der Waals surface area contributed by atoms with E-state index in [1.54, 1.807) is 6.20 Å². The molecule has 0 bridgehead atoms. The van der Waals surface area contributed by atoms with Gasteiger partial charge in [0.1, 0.15) is 5.69 Å². The second-order valence-electron chi connectivity index (χ2n) is 3.44. The van der Waals surface area contributed by atoms with E-state index in [2.05, 4.69) is 27.7 Å². The van der Waals surface area contributed by atoms with Crippen LogP contribution in [0.2, 0.25) is 5.02 Å². The summed E-state index contributed by atoms with van der Waals surface area (Å²) in [5.74, 6) is 0. The summed E-state index contributed by atoms with van der Waals surface area (Å²) >= 11 is 5.86. The molecular formula is C11H13ClN4. The van der Waals surface area contributed by atoms with Crippen LogP contribution in [0.4, 0.5) is 0 Å². The average molecular weight is 237 g/mol. The highest BCUT2D eigenvalue weighted by Crippen LogP contribution is 2.21. The van der Waals surface area contributed by atoms with E-state index in [0.717, 1.165) is 22.8 Å². The van der Waals surface area contributed by atoms with Crippen molar-refractivity contribution in [2.45, 2.75) is 13.0 Å². The summed E-state index contributed by atoms with van der Waals surface area (Å²) in [5, 5.41) is 14.6. The highest BCUT2D eigenvalue weighted by atomic mass is 35.5. The molecule has 1 atom stereocenters. The van der Waals surface area contributed by atoms with Crippen LogP contribution in [-0.2, 0) is 0 Å². The van der Waals surface area contributed by atoms with Crippen LogP contribution in [0, 0.1) is 0 Å². The first-order valence-corrected chi connectivity index (χ1v) is 5.53. The molecular weight excluding hydrogens is 224 g/mol. The summed E-state index contributed by atoms with van der Waals surface area (Å²) in [7, 11) is 0. The second kappa shape index (κ2) is 5.09. The summed E-state index contributed by atoms with van der Waals surface area (Å²) in [6.07, 6.45) is 1.72. The number of rotatable bonds is 4. The summed E-state index contributed by atoms with van der Waals surface area (Å²) in [4.78, 5) is 0. The van der Waals surface area contributed by atoms with Gasteiger partial charge in [0.15, 0.2) is 0 Å². The van der Waals surface area contributed by atoms with Crippen molar-refractivity contribution in [3.8, 4) is 0 Å². The number of aromatic amines is 1. The highest BCUT2D eigenvalue weighted by Gasteiger charge is 2.14. The maximum Gasteiger partial charge on any atom is 0.104 e. The van der Waals surface area contributed by atoms with Crippen molar-refractivity contribution >= 4 is 11.6 Å². The second-order valence-corrected chi connectivity index (χ2v) is 3.87. The number of nitrogens with zero attached hydrogens (tertiary/aromatic N) is 2. The smallest absolute Gasteiger partial charge is 0.104 e. The molecule has 1 aromatic heterocycles. The van der Waals surface area contributed by atoms with Crippen molar-refractivity contribution in [3.05, 3.63) is 46.7 Å². The standard InChI is InChI=1S/C11H13ClN4/c1-2-13-11(10-7-14-16-15-10)8-3-5-9(12)6-4-8/h3-7,11,13H,2H2,1H3,(H,14,15,16). The number of nitrogens with one attached hydrogen (secondary N) is 2. The molecule has 2 aromatic rings. The maximum absolute atomic E-state index is 5.86. The fourth-order valence-electron chi connectivity index (χ4n) is 1.60. The van der Waals surface area contributed by atoms with Gasteiger partial charge < -0.3 is 5.32 Å². The number of H-pyrrole nitrogens is 1. The van der Waals surface area contributed by atoms with Crippen LogP contribution < -0.4 is 5.32 Å². The van der Waals surface area contributed by atoms with E-state index in [9.17, 15) is 0 Å². The van der Waals surface area contributed by atoms with Gasteiger partial charge in [0.25, 0.3) is 0 Å². The first-order chi connectivity index (χ1) is 7.81. The van der Waals surface area contributed by atoms with Crippen molar-refractivity contribution < 1.29 is 0 Å². The molecule has 0 aliphatic heterocycles. The molecule has 16 heavy (non-hydrogen) atoms. The minimum absolute atomic E-state index is 0.0565. The lowest BCUT2D eigenvalue weighted by Crippen LogP contribution is -2.22. The Labute approximate surface area is 99.0 Å².